The molecule has 6 heteroatoms. The van der Waals surface area contributed by atoms with Gasteiger partial charge in [0.15, 0.2) is 5.44 Å². The molecule has 0 radical (unpaired) electrons. The SMILES string of the molecule is CC(C)(C)C1=C(C(C)(C)C)[C@H]2[C@H](c3ccc([N+](=O)[O-])cc3)O[C@@H]1S2=O. The first-order valence-electron chi connectivity index (χ1n) is 8.47. The van der Waals surface area contributed by atoms with Gasteiger partial charge in [-0.2, -0.15) is 0 Å². The summed E-state index contributed by atoms with van der Waals surface area (Å²) in [5.41, 5.74) is 2.66. The average molecular weight is 363 g/mol. The minimum absolute atomic E-state index is 0.0509. The van der Waals surface area contributed by atoms with Crippen LogP contribution in [0.25, 0.3) is 0 Å². The van der Waals surface area contributed by atoms with E-state index in [1.54, 1.807) is 12.1 Å². The fourth-order valence-electron chi connectivity index (χ4n) is 3.87. The first-order valence-corrected chi connectivity index (χ1v) is 9.75. The summed E-state index contributed by atoms with van der Waals surface area (Å²) in [6, 6.07) is 6.41. The zero-order valence-corrected chi connectivity index (χ0v) is 16.3. The molecular formula is C19H25NO4S. The van der Waals surface area contributed by atoms with E-state index in [1.807, 2.05) is 0 Å². The van der Waals surface area contributed by atoms with Crippen LogP contribution in [-0.4, -0.2) is 19.8 Å². The van der Waals surface area contributed by atoms with Gasteiger partial charge >= 0.3 is 0 Å². The van der Waals surface area contributed by atoms with Crippen LogP contribution in [0.4, 0.5) is 5.69 Å². The molecule has 0 N–H and O–H groups in total. The number of ether oxygens (including phenoxy) is 1. The summed E-state index contributed by atoms with van der Waals surface area (Å²) in [5, 5.41) is 10.7. The van der Waals surface area contributed by atoms with Crippen molar-refractivity contribution >= 4 is 16.5 Å². The van der Waals surface area contributed by atoms with Crippen LogP contribution in [0.5, 0.6) is 0 Å². The predicted octanol–water partition coefficient (Wildman–Crippen LogP) is 4.51. The van der Waals surface area contributed by atoms with Gasteiger partial charge in [0.25, 0.3) is 5.69 Å². The van der Waals surface area contributed by atoms with Crippen LogP contribution in [-0.2, 0) is 15.5 Å². The fourth-order valence-corrected chi connectivity index (χ4v) is 6.26. The molecule has 1 fully saturated rings. The van der Waals surface area contributed by atoms with Crippen LogP contribution in [0.2, 0.25) is 0 Å². The van der Waals surface area contributed by atoms with E-state index in [4.69, 9.17) is 4.74 Å². The van der Waals surface area contributed by atoms with Crippen molar-refractivity contribution in [3.63, 3.8) is 0 Å². The summed E-state index contributed by atoms with van der Waals surface area (Å²) in [7, 11) is -1.13. The summed E-state index contributed by atoms with van der Waals surface area (Å²) in [6.07, 6.45) is -0.313. The van der Waals surface area contributed by atoms with Crippen molar-refractivity contribution < 1.29 is 13.9 Å². The van der Waals surface area contributed by atoms with E-state index < -0.39 is 15.7 Å². The van der Waals surface area contributed by atoms with E-state index in [2.05, 4.69) is 41.5 Å². The number of hydrogen-bond acceptors (Lipinski definition) is 4. The molecule has 25 heavy (non-hydrogen) atoms. The van der Waals surface area contributed by atoms with Crippen molar-refractivity contribution in [1.82, 2.24) is 0 Å². The van der Waals surface area contributed by atoms with Gasteiger partial charge in [0.1, 0.15) is 6.10 Å². The lowest BCUT2D eigenvalue weighted by Crippen LogP contribution is -2.32. The second-order valence-electron chi connectivity index (χ2n) is 8.81. The number of benzene rings is 1. The molecule has 2 aliphatic heterocycles. The zero-order valence-electron chi connectivity index (χ0n) is 15.5. The van der Waals surface area contributed by atoms with Crippen LogP contribution in [0.3, 0.4) is 0 Å². The highest BCUT2D eigenvalue weighted by Gasteiger charge is 2.57. The van der Waals surface area contributed by atoms with Gasteiger partial charge in [0.05, 0.1) is 21.0 Å². The molecule has 0 saturated carbocycles. The van der Waals surface area contributed by atoms with Crippen LogP contribution in [0, 0.1) is 20.9 Å². The summed E-state index contributed by atoms with van der Waals surface area (Å²) >= 11 is 0. The third-order valence-corrected chi connectivity index (χ3v) is 6.62. The molecule has 1 aromatic carbocycles. The molecule has 1 unspecified atom stereocenters. The smallest absolute Gasteiger partial charge is 0.269 e. The number of hydrogen-bond donors (Lipinski definition) is 0. The molecule has 0 amide bonds. The molecule has 2 heterocycles. The standard InChI is InChI=1S/C19H25NO4S/c1-18(2,3)13-14(19(4,5)6)17-24-15(16(13)25(17)23)11-7-9-12(10-8-11)20(21)22/h7-10,15-17H,1-6H3/t15-,16-,17+,25?/m0/s1. The molecule has 1 aromatic rings. The van der Waals surface area contributed by atoms with Crippen molar-refractivity contribution in [3.8, 4) is 0 Å². The third kappa shape index (κ3) is 2.95. The molecule has 0 aliphatic carbocycles. The van der Waals surface area contributed by atoms with Crippen molar-refractivity contribution in [1.29, 1.82) is 0 Å². The lowest BCUT2D eigenvalue weighted by Gasteiger charge is -2.37. The van der Waals surface area contributed by atoms with Gasteiger partial charge < -0.3 is 4.74 Å². The van der Waals surface area contributed by atoms with E-state index in [9.17, 15) is 14.3 Å². The van der Waals surface area contributed by atoms with Crippen molar-refractivity contribution in [2.24, 2.45) is 10.8 Å². The van der Waals surface area contributed by atoms with Crippen LogP contribution >= 0.6 is 0 Å². The molecule has 2 aliphatic rings. The maximum atomic E-state index is 13.1. The van der Waals surface area contributed by atoms with Gasteiger partial charge in [-0.1, -0.05) is 41.5 Å². The highest BCUT2D eigenvalue weighted by atomic mass is 32.2. The van der Waals surface area contributed by atoms with Gasteiger partial charge in [-0.25, -0.2) is 0 Å². The summed E-state index contributed by atoms with van der Waals surface area (Å²) in [4.78, 5) is 10.5. The van der Waals surface area contributed by atoms with Crippen LogP contribution in [0.15, 0.2) is 35.4 Å². The Labute approximate surface area is 151 Å². The minimum Gasteiger partial charge on any atom is -0.351 e. The minimum atomic E-state index is -1.13. The topological polar surface area (TPSA) is 69.4 Å². The van der Waals surface area contributed by atoms with Crippen molar-refractivity contribution in [2.45, 2.75) is 58.3 Å². The molecule has 3 rings (SSSR count). The summed E-state index contributed by atoms with van der Waals surface area (Å²) in [5.74, 6) is 0. The highest BCUT2D eigenvalue weighted by molar-refractivity contribution is 7.87. The quantitative estimate of drug-likeness (QED) is 0.440. The Morgan fingerprint density at radius 2 is 1.52 bits per heavy atom. The number of fused-ring (bicyclic) bond motifs is 2. The number of rotatable bonds is 2. The first-order chi connectivity index (χ1) is 11.4. The van der Waals surface area contributed by atoms with Crippen LogP contribution in [0.1, 0.15) is 53.2 Å². The van der Waals surface area contributed by atoms with E-state index >= 15 is 0 Å². The number of non-ortho nitro benzene ring substituents is 1. The molecule has 5 nitrogen and oxygen atoms in total. The molecule has 4 atom stereocenters. The molecule has 0 aromatic heterocycles. The normalized spacial score (nSPS) is 29.4. The van der Waals surface area contributed by atoms with E-state index in [-0.39, 0.29) is 33.3 Å². The largest absolute Gasteiger partial charge is 0.351 e. The van der Waals surface area contributed by atoms with Gasteiger partial charge in [-0.3, -0.25) is 14.3 Å². The van der Waals surface area contributed by atoms with E-state index in [1.165, 1.54) is 17.7 Å². The number of nitro groups is 1. The molecular weight excluding hydrogens is 338 g/mol. The Bertz CT molecular complexity index is 768. The zero-order chi connectivity index (χ0) is 18.7. The fraction of sp³-hybridized carbons (Fsp3) is 0.579. The maximum Gasteiger partial charge on any atom is 0.269 e. The van der Waals surface area contributed by atoms with Gasteiger partial charge in [0.2, 0.25) is 0 Å². The van der Waals surface area contributed by atoms with Gasteiger partial charge in [-0.05, 0) is 39.7 Å². The Kier molecular flexibility index (Phi) is 4.20. The van der Waals surface area contributed by atoms with E-state index in [0.29, 0.717) is 0 Å². The number of nitro benzene ring substituents is 1. The number of nitrogens with zero attached hydrogens (tertiary/aromatic N) is 1. The van der Waals surface area contributed by atoms with Gasteiger partial charge in [-0.15, -0.1) is 0 Å². The Hall–Kier alpha value is -1.53. The Morgan fingerprint density at radius 3 is 1.96 bits per heavy atom. The van der Waals surface area contributed by atoms with Gasteiger partial charge in [0, 0.05) is 12.1 Å². The summed E-state index contributed by atoms with van der Waals surface area (Å²) < 4.78 is 19.3. The van der Waals surface area contributed by atoms with Crippen LogP contribution < -0.4 is 0 Å². The Balaban J connectivity index is 2.07. The average Bonchev–Trinajstić information content (AvgIpc) is 2.96. The summed E-state index contributed by atoms with van der Waals surface area (Å²) in [6.45, 7) is 12.9. The lowest BCUT2D eigenvalue weighted by atomic mass is 9.72. The third-order valence-electron chi connectivity index (χ3n) is 4.87. The first kappa shape index (κ1) is 18.3. The highest BCUT2D eigenvalue weighted by Crippen LogP contribution is 2.57. The second-order valence-corrected chi connectivity index (χ2v) is 10.4. The molecule has 1 saturated heterocycles. The molecule has 0 spiro atoms. The van der Waals surface area contributed by atoms with Crippen molar-refractivity contribution in [3.05, 3.63) is 51.1 Å². The second kappa shape index (κ2) is 5.74. The predicted molar refractivity (Wildman–Crippen MR) is 98.6 cm³/mol. The molecule has 136 valence electrons. The monoisotopic (exact) mass is 363 g/mol. The lowest BCUT2D eigenvalue weighted by molar-refractivity contribution is -0.384. The van der Waals surface area contributed by atoms with Crippen molar-refractivity contribution in [2.75, 3.05) is 0 Å². The Morgan fingerprint density at radius 1 is 1.00 bits per heavy atom. The van der Waals surface area contributed by atoms with E-state index in [0.717, 1.165) is 11.1 Å². The maximum absolute atomic E-state index is 13.1. The molecule has 2 bridgehead atoms.